The molecule has 306 valence electrons. The van der Waals surface area contributed by atoms with E-state index in [1.54, 1.807) is 69.2 Å². The summed E-state index contributed by atoms with van der Waals surface area (Å²) in [4.78, 5) is 79.7. The highest BCUT2D eigenvalue weighted by Crippen LogP contribution is 2.15. The maximum atomic E-state index is 14.0. The number of benzene rings is 1. The first kappa shape index (κ1) is 47.9. The lowest BCUT2D eigenvalue weighted by Crippen LogP contribution is -2.62. The molecule has 0 fully saturated rings. The van der Waals surface area contributed by atoms with Gasteiger partial charge in [0.2, 0.25) is 23.6 Å². The Morgan fingerprint density at radius 1 is 0.722 bits per heavy atom. The number of rotatable bonds is 21. The van der Waals surface area contributed by atoms with Crippen molar-refractivity contribution in [3.05, 3.63) is 35.9 Å². The lowest BCUT2D eigenvalue weighted by atomic mass is 10.0. The zero-order valence-electron chi connectivity index (χ0n) is 33.6. The number of hydrogen-bond acceptors (Lipinski definition) is 11. The summed E-state index contributed by atoms with van der Waals surface area (Å²) in [6, 6.07) is 2.34. The van der Waals surface area contributed by atoms with E-state index in [1.807, 2.05) is 30.3 Å². The summed E-state index contributed by atoms with van der Waals surface area (Å²) in [5.74, 6) is -5.49. The van der Waals surface area contributed by atoms with E-state index in [1.165, 1.54) is 0 Å². The van der Waals surface area contributed by atoms with Gasteiger partial charge in [0.1, 0.15) is 29.8 Å². The summed E-state index contributed by atoms with van der Waals surface area (Å²) in [6.45, 7) is 16.9. The predicted molar refractivity (Wildman–Crippen MR) is 203 cm³/mol. The molecule has 9 N–H and O–H groups in total. The molecule has 0 spiro atoms. The normalized spacial score (nSPS) is 15.4. The standard InChI is InChI=1S/C38H64N6O10/c1-23(53-37(5,6)7)30(44-31(46)25(40)20-24-16-12-11-13-17-24)34(49)43-28(22-52-36(2,3)4)33(48)42-27(21-29(45)54-38(8,9)10)32(47)41-26(35(50)51)18-14-15-19-39/h11-13,16-17,23,25-28,30H,14-15,18-22,39-40H2,1-10H3,(H,41,47)(H,42,48)(H,43,49)(H,44,46)(H,50,51)/t23-,25+,26+,27+,28+,30+/m1/s1. The first-order valence-corrected chi connectivity index (χ1v) is 18.3. The molecule has 1 aromatic rings. The first-order valence-electron chi connectivity index (χ1n) is 18.3. The molecule has 0 bridgehead atoms. The quantitative estimate of drug-likeness (QED) is 0.0695. The molecule has 0 aliphatic heterocycles. The number of aliphatic carboxylic acids is 1. The molecule has 0 unspecified atom stereocenters. The summed E-state index contributed by atoms with van der Waals surface area (Å²) in [7, 11) is 0. The SMILES string of the molecule is C[C@@H](OC(C)(C)C)[C@H](NC(=O)[C@@H](N)Cc1ccccc1)C(=O)N[C@@H](COC(C)(C)C)C(=O)N[C@@H](CC(=O)OC(C)(C)C)C(=O)N[C@@H](CCCCN)C(=O)O. The van der Waals surface area contributed by atoms with E-state index in [0.717, 1.165) is 5.56 Å². The Morgan fingerprint density at radius 2 is 1.28 bits per heavy atom. The van der Waals surface area contributed by atoms with E-state index in [9.17, 15) is 33.9 Å². The molecule has 4 amide bonds. The second kappa shape index (κ2) is 21.7. The smallest absolute Gasteiger partial charge is 0.326 e. The van der Waals surface area contributed by atoms with Crippen molar-refractivity contribution in [2.45, 2.75) is 154 Å². The van der Waals surface area contributed by atoms with Gasteiger partial charge in [-0.2, -0.15) is 0 Å². The molecule has 0 heterocycles. The average Bonchev–Trinajstić information content (AvgIpc) is 3.02. The minimum Gasteiger partial charge on any atom is -0.480 e. The summed E-state index contributed by atoms with van der Waals surface area (Å²) >= 11 is 0. The largest absolute Gasteiger partial charge is 0.480 e. The number of carboxylic acid groups (broad SMARTS) is 1. The topological polar surface area (TPSA) is 250 Å². The first-order chi connectivity index (χ1) is 24.8. The van der Waals surface area contributed by atoms with Gasteiger partial charge < -0.3 is 52.1 Å². The average molecular weight is 765 g/mol. The zero-order valence-corrected chi connectivity index (χ0v) is 33.6. The number of hydrogen-bond donors (Lipinski definition) is 7. The maximum Gasteiger partial charge on any atom is 0.326 e. The van der Waals surface area contributed by atoms with Gasteiger partial charge in [0.25, 0.3) is 0 Å². The fourth-order valence-electron chi connectivity index (χ4n) is 5.07. The number of unbranched alkanes of at least 4 members (excludes halogenated alkanes) is 1. The van der Waals surface area contributed by atoms with Gasteiger partial charge in [-0.15, -0.1) is 0 Å². The Hall–Kier alpha value is -4.12. The van der Waals surface area contributed by atoms with Crippen LogP contribution in [-0.4, -0.2) is 107 Å². The van der Waals surface area contributed by atoms with Gasteiger partial charge >= 0.3 is 11.9 Å². The van der Waals surface area contributed by atoms with Crippen LogP contribution < -0.4 is 32.7 Å². The van der Waals surface area contributed by atoms with Crippen LogP contribution in [0.3, 0.4) is 0 Å². The van der Waals surface area contributed by atoms with Crippen molar-refractivity contribution in [1.29, 1.82) is 0 Å². The molecule has 0 saturated heterocycles. The van der Waals surface area contributed by atoms with Crippen LogP contribution in [0.15, 0.2) is 30.3 Å². The fourth-order valence-corrected chi connectivity index (χ4v) is 5.07. The van der Waals surface area contributed by atoms with Gasteiger partial charge in [0.15, 0.2) is 0 Å². The third-order valence-electron chi connectivity index (χ3n) is 7.53. The van der Waals surface area contributed by atoms with Gasteiger partial charge in [-0.3, -0.25) is 24.0 Å². The molecule has 6 atom stereocenters. The number of carboxylic acids is 1. The molecule has 0 aliphatic carbocycles. The van der Waals surface area contributed by atoms with Gasteiger partial charge in [-0.05, 0) is 107 Å². The van der Waals surface area contributed by atoms with Crippen LogP contribution in [0.5, 0.6) is 0 Å². The minimum atomic E-state index is -1.60. The van der Waals surface area contributed by atoms with E-state index < -0.39 is 95.1 Å². The van der Waals surface area contributed by atoms with Crippen LogP contribution in [0, 0.1) is 0 Å². The van der Waals surface area contributed by atoms with Gasteiger partial charge in [0.05, 0.1) is 36.4 Å². The number of nitrogens with one attached hydrogen (secondary N) is 4. The fraction of sp³-hybridized carbons (Fsp3) is 0.684. The van der Waals surface area contributed by atoms with Crippen LogP contribution >= 0.6 is 0 Å². The van der Waals surface area contributed by atoms with Crippen molar-refractivity contribution in [2.24, 2.45) is 11.5 Å². The van der Waals surface area contributed by atoms with Crippen LogP contribution in [-0.2, 0) is 49.4 Å². The van der Waals surface area contributed by atoms with Crippen molar-refractivity contribution in [2.75, 3.05) is 13.2 Å². The number of carbonyl (C=O) groups is 6. The Labute approximate surface area is 319 Å². The molecule has 1 aromatic carbocycles. The van der Waals surface area contributed by atoms with E-state index in [2.05, 4.69) is 21.3 Å². The third-order valence-corrected chi connectivity index (χ3v) is 7.53. The van der Waals surface area contributed by atoms with Gasteiger partial charge in [-0.1, -0.05) is 30.3 Å². The lowest BCUT2D eigenvalue weighted by Gasteiger charge is -2.33. The van der Waals surface area contributed by atoms with Crippen molar-refractivity contribution in [3.8, 4) is 0 Å². The third kappa shape index (κ3) is 19.8. The van der Waals surface area contributed by atoms with Crippen molar-refractivity contribution >= 4 is 35.6 Å². The van der Waals surface area contributed by atoms with E-state index >= 15 is 0 Å². The van der Waals surface area contributed by atoms with Gasteiger partial charge in [0, 0.05) is 0 Å². The Bertz CT molecular complexity index is 1390. The second-order valence-corrected chi connectivity index (χ2v) is 16.2. The molecule has 16 heteroatoms. The zero-order chi connectivity index (χ0) is 41.4. The second-order valence-electron chi connectivity index (χ2n) is 16.2. The van der Waals surface area contributed by atoms with Crippen molar-refractivity contribution in [1.82, 2.24) is 21.3 Å². The number of esters is 1. The minimum absolute atomic E-state index is 0.0560. The number of nitrogens with two attached hydrogens (primary N) is 2. The lowest BCUT2D eigenvalue weighted by molar-refractivity contribution is -0.156. The molecule has 0 saturated carbocycles. The molecule has 54 heavy (non-hydrogen) atoms. The van der Waals surface area contributed by atoms with E-state index in [4.69, 9.17) is 25.7 Å². The number of amides is 4. The summed E-state index contributed by atoms with van der Waals surface area (Å²) in [6.07, 6.45) is -0.396. The Kier molecular flexibility index (Phi) is 19.2. The molecule has 0 aromatic heterocycles. The van der Waals surface area contributed by atoms with Crippen LogP contribution in [0.4, 0.5) is 0 Å². The van der Waals surface area contributed by atoms with E-state index in [-0.39, 0.29) is 19.4 Å². The highest BCUT2D eigenvalue weighted by atomic mass is 16.6. The molecule has 1 rings (SSSR count). The number of ether oxygens (including phenoxy) is 3. The Morgan fingerprint density at radius 3 is 1.80 bits per heavy atom. The monoisotopic (exact) mass is 764 g/mol. The molecular formula is C38H64N6O10. The predicted octanol–water partition coefficient (Wildman–Crippen LogP) is 1.46. The Balaban J connectivity index is 3.46. The summed E-state index contributed by atoms with van der Waals surface area (Å²) in [5, 5.41) is 19.9. The summed E-state index contributed by atoms with van der Waals surface area (Å²) in [5.41, 5.74) is 10.1. The van der Waals surface area contributed by atoms with Crippen LogP contribution in [0.2, 0.25) is 0 Å². The molecule has 0 radical (unpaired) electrons. The molecule has 16 nitrogen and oxygen atoms in total. The van der Waals surface area contributed by atoms with Crippen molar-refractivity contribution < 1.29 is 48.1 Å². The highest BCUT2D eigenvalue weighted by molar-refractivity contribution is 5.97. The number of carbonyl (C=O) groups excluding carboxylic acids is 5. The van der Waals surface area contributed by atoms with Crippen LogP contribution in [0.25, 0.3) is 0 Å². The molecule has 0 aliphatic rings. The molecular weight excluding hydrogens is 700 g/mol. The summed E-state index contributed by atoms with van der Waals surface area (Å²) < 4.78 is 17.3. The van der Waals surface area contributed by atoms with Crippen LogP contribution in [0.1, 0.15) is 100 Å². The van der Waals surface area contributed by atoms with Crippen molar-refractivity contribution in [3.63, 3.8) is 0 Å². The maximum absolute atomic E-state index is 14.0. The van der Waals surface area contributed by atoms with E-state index in [0.29, 0.717) is 19.4 Å². The highest BCUT2D eigenvalue weighted by Gasteiger charge is 2.37. The van der Waals surface area contributed by atoms with Gasteiger partial charge in [-0.25, -0.2) is 4.79 Å².